The van der Waals surface area contributed by atoms with Gasteiger partial charge in [0, 0.05) is 31.8 Å². The average molecular weight is 271 g/mol. The molecule has 20 heavy (non-hydrogen) atoms. The maximum absolute atomic E-state index is 12.0. The van der Waals surface area contributed by atoms with E-state index in [9.17, 15) is 4.79 Å². The van der Waals surface area contributed by atoms with Crippen LogP contribution in [0.5, 0.6) is 0 Å². The van der Waals surface area contributed by atoms with E-state index in [1.165, 1.54) is 5.56 Å². The van der Waals surface area contributed by atoms with Crippen molar-refractivity contribution >= 4 is 5.91 Å². The molecule has 1 amide bonds. The molecule has 0 atom stereocenters. The summed E-state index contributed by atoms with van der Waals surface area (Å²) in [5, 5.41) is 2.92. The first kappa shape index (κ1) is 14.3. The van der Waals surface area contributed by atoms with Gasteiger partial charge in [0.25, 0.3) is 5.91 Å². The van der Waals surface area contributed by atoms with Crippen LogP contribution in [0.25, 0.3) is 0 Å². The highest BCUT2D eigenvalue weighted by Gasteiger charge is 2.06. The summed E-state index contributed by atoms with van der Waals surface area (Å²) in [5.74, 6) is 0.451. The smallest absolute Gasteiger partial charge is 0.251 e. The number of imidazole rings is 1. The normalized spacial score (nSPS) is 10.8. The number of amides is 1. The summed E-state index contributed by atoms with van der Waals surface area (Å²) in [7, 11) is 1.94. The Bertz CT molecular complexity index is 570. The third-order valence-corrected chi connectivity index (χ3v) is 3.26. The van der Waals surface area contributed by atoms with E-state index in [-0.39, 0.29) is 5.91 Å². The van der Waals surface area contributed by atoms with Crippen LogP contribution in [0.1, 0.15) is 41.4 Å². The van der Waals surface area contributed by atoms with Gasteiger partial charge in [-0.15, -0.1) is 0 Å². The quantitative estimate of drug-likeness (QED) is 0.908. The van der Waals surface area contributed by atoms with Crippen LogP contribution in [0, 0.1) is 0 Å². The summed E-state index contributed by atoms with van der Waals surface area (Å²) in [5.41, 5.74) is 2.94. The molecule has 0 bridgehead atoms. The molecule has 4 heteroatoms. The van der Waals surface area contributed by atoms with Crippen molar-refractivity contribution < 1.29 is 4.79 Å². The summed E-state index contributed by atoms with van der Waals surface area (Å²) in [6.45, 7) is 4.88. The maximum Gasteiger partial charge on any atom is 0.251 e. The van der Waals surface area contributed by atoms with Gasteiger partial charge in [-0.3, -0.25) is 4.79 Å². The summed E-state index contributed by atoms with van der Waals surface area (Å²) in [6.07, 6.45) is 4.47. The molecule has 4 nitrogen and oxygen atoms in total. The number of nitrogens with zero attached hydrogens (tertiary/aromatic N) is 2. The minimum atomic E-state index is -0.0313. The van der Waals surface area contributed by atoms with Gasteiger partial charge in [-0.2, -0.15) is 0 Å². The first-order valence-electron chi connectivity index (χ1n) is 6.91. The monoisotopic (exact) mass is 271 g/mol. The molecule has 0 aliphatic heterocycles. The Hall–Kier alpha value is -2.10. The second kappa shape index (κ2) is 6.37. The number of benzene rings is 1. The first-order chi connectivity index (χ1) is 9.56. The number of rotatable bonds is 5. The van der Waals surface area contributed by atoms with Crippen molar-refractivity contribution in [2.75, 3.05) is 6.54 Å². The molecule has 106 valence electrons. The van der Waals surface area contributed by atoms with Gasteiger partial charge in [-0.1, -0.05) is 26.0 Å². The number of hydrogen-bond acceptors (Lipinski definition) is 2. The predicted octanol–water partition coefficient (Wildman–Crippen LogP) is 2.52. The van der Waals surface area contributed by atoms with Crippen molar-refractivity contribution in [3.8, 4) is 0 Å². The molecule has 0 spiro atoms. The fourth-order valence-corrected chi connectivity index (χ4v) is 2.02. The molecule has 2 rings (SSSR count). The molecule has 0 aliphatic rings. The Labute approximate surface area is 119 Å². The molecule has 0 saturated carbocycles. The molecule has 1 heterocycles. The Balaban J connectivity index is 1.85. The molecule has 1 aromatic heterocycles. The highest BCUT2D eigenvalue weighted by molar-refractivity contribution is 5.94. The molecular weight excluding hydrogens is 250 g/mol. The minimum absolute atomic E-state index is 0.0313. The van der Waals surface area contributed by atoms with Gasteiger partial charge in [0.1, 0.15) is 0 Å². The molecule has 2 aromatic rings. The molecule has 0 unspecified atom stereocenters. The van der Waals surface area contributed by atoms with Gasteiger partial charge < -0.3 is 9.88 Å². The molecule has 0 fully saturated rings. The molecule has 1 N–H and O–H groups in total. The lowest BCUT2D eigenvalue weighted by atomic mass is 10.0. The number of carbonyl (C=O) groups is 1. The second-order valence-corrected chi connectivity index (χ2v) is 5.31. The van der Waals surface area contributed by atoms with Crippen LogP contribution in [-0.2, 0) is 13.5 Å². The van der Waals surface area contributed by atoms with E-state index in [0.29, 0.717) is 18.0 Å². The fourth-order valence-electron chi connectivity index (χ4n) is 2.02. The summed E-state index contributed by atoms with van der Waals surface area (Å²) >= 11 is 0. The largest absolute Gasteiger partial charge is 0.352 e. The molecule has 1 aromatic carbocycles. The zero-order valence-corrected chi connectivity index (χ0v) is 12.3. The van der Waals surface area contributed by atoms with Crippen molar-refractivity contribution in [3.63, 3.8) is 0 Å². The van der Waals surface area contributed by atoms with E-state index in [1.54, 1.807) is 6.33 Å². The van der Waals surface area contributed by atoms with Crippen molar-refractivity contribution in [2.45, 2.75) is 26.2 Å². The summed E-state index contributed by atoms with van der Waals surface area (Å²) in [4.78, 5) is 16.2. The van der Waals surface area contributed by atoms with Crippen molar-refractivity contribution in [1.82, 2.24) is 14.9 Å². The van der Waals surface area contributed by atoms with E-state index >= 15 is 0 Å². The highest BCUT2D eigenvalue weighted by Crippen LogP contribution is 2.14. The molecule has 0 aliphatic carbocycles. The summed E-state index contributed by atoms with van der Waals surface area (Å²) < 4.78 is 1.90. The SMILES string of the molecule is CC(C)c1ccc(C(=O)NCCc2cn(C)cn2)cc1. The molecular formula is C16H21N3O. The number of aromatic nitrogens is 2. The first-order valence-corrected chi connectivity index (χ1v) is 6.91. The van der Waals surface area contributed by atoms with Gasteiger partial charge in [0.2, 0.25) is 0 Å². The topological polar surface area (TPSA) is 46.9 Å². The lowest BCUT2D eigenvalue weighted by Crippen LogP contribution is -2.25. The van der Waals surface area contributed by atoms with E-state index in [4.69, 9.17) is 0 Å². The van der Waals surface area contributed by atoms with Crippen LogP contribution >= 0.6 is 0 Å². The fraction of sp³-hybridized carbons (Fsp3) is 0.375. The zero-order valence-electron chi connectivity index (χ0n) is 12.3. The predicted molar refractivity (Wildman–Crippen MR) is 79.8 cm³/mol. The average Bonchev–Trinajstić information content (AvgIpc) is 2.84. The third kappa shape index (κ3) is 3.70. The van der Waals surface area contributed by atoms with Crippen molar-refractivity contribution in [3.05, 3.63) is 53.6 Å². The van der Waals surface area contributed by atoms with Gasteiger partial charge in [-0.05, 0) is 23.6 Å². The number of aryl methyl sites for hydroxylation is 1. The van der Waals surface area contributed by atoms with Crippen LogP contribution < -0.4 is 5.32 Å². The Morgan fingerprint density at radius 1 is 1.30 bits per heavy atom. The maximum atomic E-state index is 12.0. The van der Waals surface area contributed by atoms with Crippen LogP contribution in [0.4, 0.5) is 0 Å². The number of nitrogens with one attached hydrogen (secondary N) is 1. The second-order valence-electron chi connectivity index (χ2n) is 5.31. The van der Waals surface area contributed by atoms with Crippen molar-refractivity contribution in [1.29, 1.82) is 0 Å². The number of hydrogen-bond donors (Lipinski definition) is 1. The standard InChI is InChI=1S/C16H21N3O/c1-12(2)13-4-6-14(7-5-13)16(20)17-9-8-15-10-19(3)11-18-15/h4-7,10-12H,8-9H2,1-3H3,(H,17,20). The lowest BCUT2D eigenvalue weighted by Gasteiger charge is -2.07. The Morgan fingerprint density at radius 2 is 2.00 bits per heavy atom. The molecule has 0 radical (unpaired) electrons. The van der Waals surface area contributed by atoms with Crippen LogP contribution in [0.2, 0.25) is 0 Å². The van der Waals surface area contributed by atoms with Gasteiger partial charge >= 0.3 is 0 Å². The van der Waals surface area contributed by atoms with Gasteiger partial charge in [0.15, 0.2) is 0 Å². The van der Waals surface area contributed by atoms with E-state index in [0.717, 1.165) is 12.1 Å². The van der Waals surface area contributed by atoms with E-state index in [2.05, 4.69) is 24.1 Å². The lowest BCUT2D eigenvalue weighted by molar-refractivity contribution is 0.0954. The summed E-state index contributed by atoms with van der Waals surface area (Å²) in [6, 6.07) is 7.79. The Kier molecular flexibility index (Phi) is 4.56. The molecule has 0 saturated heterocycles. The van der Waals surface area contributed by atoms with E-state index < -0.39 is 0 Å². The van der Waals surface area contributed by atoms with Crippen LogP contribution in [0.3, 0.4) is 0 Å². The zero-order chi connectivity index (χ0) is 14.5. The number of carbonyl (C=O) groups excluding carboxylic acids is 1. The Morgan fingerprint density at radius 3 is 2.55 bits per heavy atom. The van der Waals surface area contributed by atoms with Gasteiger partial charge in [0.05, 0.1) is 12.0 Å². The third-order valence-electron chi connectivity index (χ3n) is 3.26. The highest BCUT2D eigenvalue weighted by atomic mass is 16.1. The van der Waals surface area contributed by atoms with Crippen molar-refractivity contribution in [2.24, 2.45) is 7.05 Å². The van der Waals surface area contributed by atoms with Crippen LogP contribution in [-0.4, -0.2) is 22.0 Å². The van der Waals surface area contributed by atoms with E-state index in [1.807, 2.05) is 42.1 Å². The van der Waals surface area contributed by atoms with Crippen LogP contribution in [0.15, 0.2) is 36.8 Å². The van der Waals surface area contributed by atoms with Gasteiger partial charge in [-0.25, -0.2) is 4.98 Å². The minimum Gasteiger partial charge on any atom is -0.352 e.